The highest BCUT2D eigenvalue weighted by Crippen LogP contribution is 2.30. The summed E-state index contributed by atoms with van der Waals surface area (Å²) in [5.74, 6) is 0.679. The van der Waals surface area contributed by atoms with E-state index in [4.69, 9.17) is 4.42 Å². The predicted octanol–water partition coefficient (Wildman–Crippen LogP) is 4.02. The van der Waals surface area contributed by atoms with E-state index < -0.39 is 0 Å². The molecule has 0 saturated carbocycles. The standard InChI is InChI=1S/C16H15BrN2O/c1-18-10-9-11-5-2-3-6-12(11)16-19-14-8-4-7-13(17)15(14)20-16/h2-8,18H,9-10H2,1H3. The van der Waals surface area contributed by atoms with Crippen molar-refractivity contribution in [3.8, 4) is 11.5 Å². The molecule has 0 saturated heterocycles. The SMILES string of the molecule is CNCCc1ccccc1-c1nc2cccc(Br)c2o1. The number of oxazole rings is 1. The molecule has 0 aliphatic rings. The number of para-hydroxylation sites is 1. The lowest BCUT2D eigenvalue weighted by atomic mass is 10.0. The molecule has 0 bridgehead atoms. The van der Waals surface area contributed by atoms with Gasteiger partial charge in [-0.15, -0.1) is 0 Å². The molecule has 2 aromatic carbocycles. The molecule has 1 N–H and O–H groups in total. The van der Waals surface area contributed by atoms with E-state index in [0.717, 1.165) is 34.1 Å². The molecule has 0 aliphatic carbocycles. The maximum Gasteiger partial charge on any atom is 0.227 e. The van der Waals surface area contributed by atoms with Crippen LogP contribution in [0.2, 0.25) is 0 Å². The molecule has 3 rings (SSSR count). The number of benzene rings is 2. The van der Waals surface area contributed by atoms with Crippen LogP contribution in [0.15, 0.2) is 51.4 Å². The molecule has 1 heterocycles. The third kappa shape index (κ3) is 2.49. The van der Waals surface area contributed by atoms with Gasteiger partial charge in [-0.1, -0.05) is 24.3 Å². The van der Waals surface area contributed by atoms with E-state index >= 15 is 0 Å². The summed E-state index contributed by atoms with van der Waals surface area (Å²) in [5.41, 5.74) is 3.97. The van der Waals surface area contributed by atoms with Crippen LogP contribution >= 0.6 is 15.9 Å². The molecule has 4 heteroatoms. The number of rotatable bonds is 4. The molecule has 1 aromatic heterocycles. The van der Waals surface area contributed by atoms with Crippen molar-refractivity contribution in [1.82, 2.24) is 10.3 Å². The van der Waals surface area contributed by atoms with E-state index in [9.17, 15) is 0 Å². The summed E-state index contributed by atoms with van der Waals surface area (Å²) in [5, 5.41) is 3.17. The summed E-state index contributed by atoms with van der Waals surface area (Å²) in [6.45, 7) is 0.931. The van der Waals surface area contributed by atoms with Gasteiger partial charge in [0.1, 0.15) is 5.52 Å². The number of nitrogens with one attached hydrogen (secondary N) is 1. The van der Waals surface area contributed by atoms with Gasteiger partial charge in [-0.3, -0.25) is 0 Å². The number of hydrogen-bond acceptors (Lipinski definition) is 3. The highest BCUT2D eigenvalue weighted by atomic mass is 79.9. The van der Waals surface area contributed by atoms with Gasteiger partial charge in [0.25, 0.3) is 0 Å². The third-order valence-corrected chi connectivity index (χ3v) is 3.88. The Morgan fingerprint density at radius 3 is 2.80 bits per heavy atom. The van der Waals surface area contributed by atoms with Crippen LogP contribution in [0, 0.1) is 0 Å². The summed E-state index contributed by atoms with van der Waals surface area (Å²) >= 11 is 3.50. The Labute approximate surface area is 126 Å². The fraction of sp³-hybridized carbons (Fsp3) is 0.188. The van der Waals surface area contributed by atoms with Crippen molar-refractivity contribution in [3.05, 3.63) is 52.5 Å². The molecule has 20 heavy (non-hydrogen) atoms. The first-order chi connectivity index (χ1) is 9.79. The van der Waals surface area contributed by atoms with E-state index in [1.165, 1.54) is 5.56 Å². The lowest BCUT2D eigenvalue weighted by molar-refractivity contribution is 0.616. The minimum Gasteiger partial charge on any atom is -0.435 e. The Kier molecular flexibility index (Phi) is 3.85. The summed E-state index contributed by atoms with van der Waals surface area (Å²) in [4.78, 5) is 4.60. The molecule has 0 aliphatic heterocycles. The Morgan fingerprint density at radius 2 is 2.00 bits per heavy atom. The Bertz CT molecular complexity index is 736. The fourth-order valence-electron chi connectivity index (χ4n) is 2.24. The summed E-state index contributed by atoms with van der Waals surface area (Å²) < 4.78 is 6.86. The summed E-state index contributed by atoms with van der Waals surface area (Å²) in [6, 6.07) is 14.1. The molecule has 0 spiro atoms. The predicted molar refractivity (Wildman–Crippen MR) is 84.8 cm³/mol. The van der Waals surface area contributed by atoms with Gasteiger partial charge in [-0.05, 0) is 59.7 Å². The van der Waals surface area contributed by atoms with E-state index in [1.54, 1.807) is 0 Å². The first kappa shape index (κ1) is 13.3. The highest BCUT2D eigenvalue weighted by Gasteiger charge is 2.13. The number of aromatic nitrogens is 1. The smallest absolute Gasteiger partial charge is 0.227 e. The zero-order valence-electron chi connectivity index (χ0n) is 11.2. The number of nitrogens with zero attached hydrogens (tertiary/aromatic N) is 1. The number of likely N-dealkylation sites (N-methyl/N-ethyl adjacent to an activating group) is 1. The first-order valence-electron chi connectivity index (χ1n) is 6.57. The van der Waals surface area contributed by atoms with Gasteiger partial charge in [-0.25, -0.2) is 4.98 Å². The topological polar surface area (TPSA) is 38.1 Å². The van der Waals surface area contributed by atoms with Crippen molar-refractivity contribution in [3.63, 3.8) is 0 Å². The van der Waals surface area contributed by atoms with Gasteiger partial charge >= 0.3 is 0 Å². The van der Waals surface area contributed by atoms with Crippen LogP contribution < -0.4 is 5.32 Å². The van der Waals surface area contributed by atoms with Crippen LogP contribution in [0.1, 0.15) is 5.56 Å². The summed E-state index contributed by atoms with van der Waals surface area (Å²) in [6.07, 6.45) is 0.951. The van der Waals surface area contributed by atoms with Crippen molar-refractivity contribution < 1.29 is 4.42 Å². The molecule has 0 unspecified atom stereocenters. The quantitative estimate of drug-likeness (QED) is 0.785. The number of halogens is 1. The number of fused-ring (bicyclic) bond motifs is 1. The minimum absolute atomic E-state index is 0.679. The number of hydrogen-bond donors (Lipinski definition) is 1. The van der Waals surface area contributed by atoms with Crippen molar-refractivity contribution in [2.45, 2.75) is 6.42 Å². The molecule has 0 fully saturated rings. The monoisotopic (exact) mass is 330 g/mol. The second-order valence-corrected chi connectivity index (χ2v) is 5.47. The van der Waals surface area contributed by atoms with Gasteiger partial charge in [0.15, 0.2) is 5.58 Å². The normalized spacial score (nSPS) is 11.1. The van der Waals surface area contributed by atoms with Crippen molar-refractivity contribution >= 4 is 27.0 Å². The van der Waals surface area contributed by atoms with E-state index in [-0.39, 0.29) is 0 Å². The average molecular weight is 331 g/mol. The lowest BCUT2D eigenvalue weighted by Gasteiger charge is -2.05. The fourth-order valence-corrected chi connectivity index (χ4v) is 2.67. The Hall–Kier alpha value is -1.65. The van der Waals surface area contributed by atoms with Crippen LogP contribution in [0.25, 0.3) is 22.6 Å². The zero-order valence-corrected chi connectivity index (χ0v) is 12.8. The van der Waals surface area contributed by atoms with E-state index in [0.29, 0.717) is 5.89 Å². The van der Waals surface area contributed by atoms with Crippen LogP contribution in [-0.2, 0) is 6.42 Å². The maximum absolute atomic E-state index is 5.93. The average Bonchev–Trinajstić information content (AvgIpc) is 2.91. The first-order valence-corrected chi connectivity index (χ1v) is 7.37. The Morgan fingerprint density at radius 1 is 1.15 bits per heavy atom. The molecule has 3 nitrogen and oxygen atoms in total. The molecule has 0 radical (unpaired) electrons. The van der Waals surface area contributed by atoms with Crippen LogP contribution in [0.5, 0.6) is 0 Å². The van der Waals surface area contributed by atoms with Gasteiger partial charge in [0, 0.05) is 5.56 Å². The van der Waals surface area contributed by atoms with Crippen molar-refractivity contribution in [2.24, 2.45) is 0 Å². The van der Waals surface area contributed by atoms with Crippen LogP contribution in [0.3, 0.4) is 0 Å². The van der Waals surface area contributed by atoms with E-state index in [2.05, 4.69) is 38.4 Å². The zero-order chi connectivity index (χ0) is 13.9. The lowest BCUT2D eigenvalue weighted by Crippen LogP contribution is -2.10. The van der Waals surface area contributed by atoms with E-state index in [1.807, 2.05) is 37.4 Å². The molecular formula is C16H15BrN2O. The minimum atomic E-state index is 0.679. The Balaban J connectivity index is 2.08. The second-order valence-electron chi connectivity index (χ2n) is 4.62. The van der Waals surface area contributed by atoms with Gasteiger partial charge in [-0.2, -0.15) is 0 Å². The summed E-state index contributed by atoms with van der Waals surface area (Å²) in [7, 11) is 1.96. The third-order valence-electron chi connectivity index (χ3n) is 3.26. The highest BCUT2D eigenvalue weighted by molar-refractivity contribution is 9.10. The van der Waals surface area contributed by atoms with Crippen molar-refractivity contribution in [2.75, 3.05) is 13.6 Å². The van der Waals surface area contributed by atoms with Crippen LogP contribution in [-0.4, -0.2) is 18.6 Å². The van der Waals surface area contributed by atoms with Crippen LogP contribution in [0.4, 0.5) is 0 Å². The van der Waals surface area contributed by atoms with Crippen molar-refractivity contribution in [1.29, 1.82) is 0 Å². The maximum atomic E-state index is 5.93. The molecular weight excluding hydrogens is 316 g/mol. The second kappa shape index (κ2) is 5.77. The molecule has 0 atom stereocenters. The molecule has 3 aromatic rings. The van der Waals surface area contributed by atoms with Gasteiger partial charge in [0.2, 0.25) is 5.89 Å². The largest absolute Gasteiger partial charge is 0.435 e. The van der Waals surface area contributed by atoms with Gasteiger partial charge in [0.05, 0.1) is 4.47 Å². The molecule has 102 valence electrons. The molecule has 0 amide bonds. The van der Waals surface area contributed by atoms with Gasteiger partial charge < -0.3 is 9.73 Å².